The molecular formula is C13H19NO4. The van der Waals surface area contributed by atoms with Gasteiger partial charge in [-0.05, 0) is 11.3 Å². The highest BCUT2D eigenvalue weighted by Gasteiger charge is 2.72. The summed E-state index contributed by atoms with van der Waals surface area (Å²) in [7, 11) is 0. The minimum Gasteiger partial charge on any atom is -0.481 e. The van der Waals surface area contributed by atoms with Gasteiger partial charge in [0.15, 0.2) is 0 Å². The van der Waals surface area contributed by atoms with Crippen LogP contribution in [0.3, 0.4) is 0 Å². The van der Waals surface area contributed by atoms with Crippen molar-refractivity contribution in [1.82, 2.24) is 4.90 Å². The maximum atomic E-state index is 12.1. The quantitative estimate of drug-likeness (QED) is 0.745. The summed E-state index contributed by atoms with van der Waals surface area (Å²) in [6, 6.07) is 0. The molecule has 2 rings (SSSR count). The van der Waals surface area contributed by atoms with Crippen molar-refractivity contribution in [3.8, 4) is 0 Å². The lowest BCUT2D eigenvalue weighted by atomic mass is 10.00. The van der Waals surface area contributed by atoms with Gasteiger partial charge in [-0.15, -0.1) is 0 Å². The van der Waals surface area contributed by atoms with Crippen molar-refractivity contribution in [3.05, 3.63) is 0 Å². The van der Waals surface area contributed by atoms with Crippen LogP contribution in [0.4, 0.5) is 0 Å². The summed E-state index contributed by atoms with van der Waals surface area (Å²) >= 11 is 0. The van der Waals surface area contributed by atoms with Crippen LogP contribution in [0.5, 0.6) is 0 Å². The maximum absolute atomic E-state index is 12.1. The molecule has 100 valence electrons. The van der Waals surface area contributed by atoms with E-state index in [0.29, 0.717) is 6.42 Å². The zero-order valence-corrected chi connectivity index (χ0v) is 11.0. The van der Waals surface area contributed by atoms with Crippen molar-refractivity contribution in [2.24, 2.45) is 23.2 Å². The van der Waals surface area contributed by atoms with Gasteiger partial charge in [0.05, 0.1) is 11.8 Å². The first-order chi connectivity index (χ1) is 8.30. The Morgan fingerprint density at radius 1 is 1.33 bits per heavy atom. The van der Waals surface area contributed by atoms with Gasteiger partial charge < -0.3 is 5.11 Å². The SMILES string of the molecule is CCC(CC(=O)O)CN1C(=O)C2C(C1=O)C2(C)C. The average Bonchev–Trinajstić information content (AvgIpc) is 2.74. The first kappa shape index (κ1) is 13.1. The maximum Gasteiger partial charge on any atom is 0.303 e. The van der Waals surface area contributed by atoms with E-state index in [2.05, 4.69) is 0 Å². The van der Waals surface area contributed by atoms with Crippen molar-refractivity contribution >= 4 is 17.8 Å². The molecule has 1 heterocycles. The van der Waals surface area contributed by atoms with Crippen molar-refractivity contribution in [2.45, 2.75) is 33.6 Å². The highest BCUT2D eigenvalue weighted by atomic mass is 16.4. The monoisotopic (exact) mass is 253 g/mol. The molecule has 1 saturated carbocycles. The Bertz CT molecular complexity index is 391. The Labute approximate surface area is 106 Å². The van der Waals surface area contributed by atoms with Gasteiger partial charge in [-0.1, -0.05) is 27.2 Å². The van der Waals surface area contributed by atoms with Crippen LogP contribution in [0.15, 0.2) is 0 Å². The minimum absolute atomic E-state index is 0.00624. The van der Waals surface area contributed by atoms with E-state index in [1.165, 1.54) is 4.90 Å². The van der Waals surface area contributed by atoms with E-state index < -0.39 is 5.97 Å². The number of aliphatic carboxylic acids is 1. The van der Waals surface area contributed by atoms with Gasteiger partial charge in [-0.25, -0.2) is 0 Å². The molecule has 0 radical (unpaired) electrons. The molecule has 2 amide bonds. The minimum atomic E-state index is -0.883. The van der Waals surface area contributed by atoms with Gasteiger partial charge in [0.1, 0.15) is 0 Å². The van der Waals surface area contributed by atoms with Crippen LogP contribution in [0.25, 0.3) is 0 Å². The molecule has 0 aromatic rings. The Hall–Kier alpha value is -1.39. The number of imide groups is 1. The van der Waals surface area contributed by atoms with E-state index in [1.54, 1.807) is 0 Å². The van der Waals surface area contributed by atoms with E-state index in [-0.39, 0.29) is 47.9 Å². The second kappa shape index (κ2) is 4.07. The van der Waals surface area contributed by atoms with Gasteiger partial charge in [-0.3, -0.25) is 19.3 Å². The van der Waals surface area contributed by atoms with Crippen molar-refractivity contribution in [1.29, 1.82) is 0 Å². The van der Waals surface area contributed by atoms with Crippen LogP contribution in [0.1, 0.15) is 33.6 Å². The first-order valence-corrected chi connectivity index (χ1v) is 6.37. The number of hydrogen-bond acceptors (Lipinski definition) is 3. The molecule has 0 aromatic carbocycles. The highest BCUT2D eigenvalue weighted by molar-refractivity contribution is 6.10. The Kier molecular flexibility index (Phi) is 2.95. The second-order valence-electron chi connectivity index (χ2n) is 5.94. The summed E-state index contributed by atoms with van der Waals surface area (Å²) in [5.74, 6) is -1.60. The number of carboxylic acid groups (broad SMARTS) is 1. The number of hydrogen-bond donors (Lipinski definition) is 1. The number of rotatable bonds is 5. The zero-order chi connectivity index (χ0) is 13.7. The number of likely N-dealkylation sites (tertiary alicyclic amines) is 1. The van der Waals surface area contributed by atoms with Gasteiger partial charge >= 0.3 is 5.97 Å². The third-order valence-electron chi connectivity index (χ3n) is 4.37. The first-order valence-electron chi connectivity index (χ1n) is 6.37. The van der Waals surface area contributed by atoms with Crippen LogP contribution in [0.2, 0.25) is 0 Å². The lowest BCUT2D eigenvalue weighted by Gasteiger charge is -2.24. The fourth-order valence-corrected chi connectivity index (χ4v) is 3.03. The normalized spacial score (nSPS) is 30.3. The summed E-state index contributed by atoms with van der Waals surface area (Å²) in [6.07, 6.45) is 0.661. The number of nitrogens with zero attached hydrogens (tertiary/aromatic N) is 1. The predicted molar refractivity (Wildman–Crippen MR) is 63.5 cm³/mol. The van der Waals surface area contributed by atoms with Gasteiger partial charge in [0, 0.05) is 13.0 Å². The Morgan fingerprint density at radius 3 is 2.22 bits per heavy atom. The molecule has 0 bridgehead atoms. The average molecular weight is 253 g/mol. The summed E-state index contributed by atoms with van der Waals surface area (Å²) in [4.78, 5) is 36.1. The highest BCUT2D eigenvalue weighted by Crippen LogP contribution is 2.63. The molecule has 0 spiro atoms. The lowest BCUT2D eigenvalue weighted by molar-refractivity contribution is -0.146. The molecule has 5 nitrogen and oxygen atoms in total. The number of carboxylic acids is 1. The molecule has 0 aromatic heterocycles. The van der Waals surface area contributed by atoms with Crippen LogP contribution in [0, 0.1) is 23.2 Å². The smallest absolute Gasteiger partial charge is 0.303 e. The van der Waals surface area contributed by atoms with Crippen molar-refractivity contribution in [2.75, 3.05) is 6.54 Å². The standard InChI is InChI=1S/C13H19NO4/c1-4-7(5-8(15)16)6-14-11(17)9-10(12(14)18)13(9,2)3/h7,9-10H,4-6H2,1-3H3,(H,15,16). The zero-order valence-electron chi connectivity index (χ0n) is 11.0. The van der Waals surface area contributed by atoms with Crippen LogP contribution < -0.4 is 0 Å². The number of carbonyl (C=O) groups excluding carboxylic acids is 2. The molecule has 1 N–H and O–H groups in total. The molecule has 18 heavy (non-hydrogen) atoms. The summed E-state index contributed by atoms with van der Waals surface area (Å²) < 4.78 is 0. The van der Waals surface area contributed by atoms with Crippen LogP contribution >= 0.6 is 0 Å². The van der Waals surface area contributed by atoms with E-state index >= 15 is 0 Å². The van der Waals surface area contributed by atoms with E-state index in [4.69, 9.17) is 5.11 Å². The molecular weight excluding hydrogens is 234 g/mol. The second-order valence-corrected chi connectivity index (χ2v) is 5.94. The number of carbonyl (C=O) groups is 3. The van der Waals surface area contributed by atoms with E-state index in [0.717, 1.165) is 0 Å². The number of fused-ring (bicyclic) bond motifs is 1. The molecule has 2 fully saturated rings. The number of amides is 2. The molecule has 3 unspecified atom stereocenters. The fourth-order valence-electron chi connectivity index (χ4n) is 3.03. The Morgan fingerprint density at radius 2 is 1.83 bits per heavy atom. The molecule has 2 aliphatic rings. The summed E-state index contributed by atoms with van der Waals surface area (Å²) in [6.45, 7) is 6.00. The summed E-state index contributed by atoms with van der Waals surface area (Å²) in [5, 5.41) is 8.78. The largest absolute Gasteiger partial charge is 0.481 e. The molecule has 1 saturated heterocycles. The van der Waals surface area contributed by atoms with Gasteiger partial charge in [0.2, 0.25) is 11.8 Å². The van der Waals surface area contributed by atoms with Gasteiger partial charge in [-0.2, -0.15) is 0 Å². The third-order valence-corrected chi connectivity index (χ3v) is 4.37. The van der Waals surface area contributed by atoms with Crippen molar-refractivity contribution in [3.63, 3.8) is 0 Å². The topological polar surface area (TPSA) is 74.7 Å². The molecule has 1 aliphatic heterocycles. The van der Waals surface area contributed by atoms with Gasteiger partial charge in [0.25, 0.3) is 0 Å². The predicted octanol–water partition coefficient (Wildman–Crippen LogP) is 1.13. The lowest BCUT2D eigenvalue weighted by Crippen LogP contribution is -2.40. The molecule has 3 atom stereocenters. The van der Waals surface area contributed by atoms with Crippen LogP contribution in [-0.4, -0.2) is 34.3 Å². The fraction of sp³-hybridized carbons (Fsp3) is 0.769. The summed E-state index contributed by atoms with van der Waals surface area (Å²) in [5.41, 5.74) is -0.195. The molecule has 1 aliphatic carbocycles. The van der Waals surface area contributed by atoms with E-state index in [9.17, 15) is 14.4 Å². The van der Waals surface area contributed by atoms with Crippen molar-refractivity contribution < 1.29 is 19.5 Å². The third kappa shape index (κ3) is 1.82. The molecule has 5 heteroatoms. The number of piperidine rings is 1. The Balaban J connectivity index is 2.02. The van der Waals surface area contributed by atoms with E-state index in [1.807, 2.05) is 20.8 Å². The van der Waals surface area contributed by atoms with Crippen LogP contribution in [-0.2, 0) is 14.4 Å².